The van der Waals surface area contributed by atoms with E-state index in [9.17, 15) is 4.79 Å². The lowest BCUT2D eigenvalue weighted by Crippen LogP contribution is -2.34. The van der Waals surface area contributed by atoms with E-state index < -0.39 is 11.9 Å². The van der Waals surface area contributed by atoms with Crippen molar-refractivity contribution >= 4 is 34.8 Å². The molecule has 3 nitrogen and oxygen atoms in total. The molecular formula is C10H12Cl2N2O. The number of rotatable bonds is 4. The van der Waals surface area contributed by atoms with E-state index in [1.54, 1.807) is 18.2 Å². The zero-order valence-corrected chi connectivity index (χ0v) is 9.77. The van der Waals surface area contributed by atoms with E-state index in [1.165, 1.54) is 0 Å². The topological polar surface area (TPSA) is 55.1 Å². The molecule has 0 aliphatic carbocycles. The Balaban J connectivity index is 2.83. The van der Waals surface area contributed by atoms with E-state index in [-0.39, 0.29) is 0 Å². The van der Waals surface area contributed by atoms with Gasteiger partial charge >= 0.3 is 0 Å². The van der Waals surface area contributed by atoms with Gasteiger partial charge in [-0.1, -0.05) is 30.1 Å². The number of halogens is 2. The van der Waals surface area contributed by atoms with Gasteiger partial charge in [0.25, 0.3) is 0 Å². The fourth-order valence-corrected chi connectivity index (χ4v) is 1.74. The third-order valence-electron chi connectivity index (χ3n) is 1.96. The van der Waals surface area contributed by atoms with Crippen molar-refractivity contribution in [2.45, 2.75) is 19.4 Å². The molecule has 0 aliphatic heterocycles. The molecule has 0 aromatic heterocycles. The van der Waals surface area contributed by atoms with Crippen molar-refractivity contribution in [2.75, 3.05) is 5.32 Å². The number of anilines is 1. The second-order valence-electron chi connectivity index (χ2n) is 3.17. The summed E-state index contributed by atoms with van der Waals surface area (Å²) in [6.45, 7) is 1.87. The first-order valence-corrected chi connectivity index (χ1v) is 5.30. The van der Waals surface area contributed by atoms with Crippen molar-refractivity contribution in [1.82, 2.24) is 0 Å². The fraction of sp³-hybridized carbons (Fsp3) is 0.300. The van der Waals surface area contributed by atoms with Crippen molar-refractivity contribution in [2.24, 2.45) is 5.73 Å². The van der Waals surface area contributed by atoms with Gasteiger partial charge in [-0.05, 0) is 24.6 Å². The summed E-state index contributed by atoms with van der Waals surface area (Å²) in [7, 11) is 0. The van der Waals surface area contributed by atoms with Crippen LogP contribution < -0.4 is 11.1 Å². The summed E-state index contributed by atoms with van der Waals surface area (Å²) in [5.74, 6) is -0.395. The van der Waals surface area contributed by atoms with Gasteiger partial charge in [-0.15, -0.1) is 0 Å². The van der Waals surface area contributed by atoms with E-state index in [1.807, 2.05) is 6.92 Å². The Morgan fingerprint density at radius 1 is 1.40 bits per heavy atom. The zero-order chi connectivity index (χ0) is 11.4. The van der Waals surface area contributed by atoms with Crippen LogP contribution in [0.15, 0.2) is 18.2 Å². The number of nitrogens with one attached hydrogen (secondary N) is 1. The average Bonchev–Trinajstić information content (AvgIpc) is 2.12. The monoisotopic (exact) mass is 246 g/mol. The smallest absolute Gasteiger partial charge is 0.239 e. The third kappa shape index (κ3) is 3.61. The number of amides is 1. The molecule has 1 rings (SSSR count). The molecule has 82 valence electrons. The molecule has 15 heavy (non-hydrogen) atoms. The van der Waals surface area contributed by atoms with Crippen LogP contribution in [0.1, 0.15) is 13.3 Å². The van der Waals surface area contributed by atoms with Crippen LogP contribution in [0.25, 0.3) is 0 Å². The van der Waals surface area contributed by atoms with Crippen LogP contribution in [0, 0.1) is 0 Å². The highest BCUT2D eigenvalue weighted by Gasteiger charge is 2.12. The second kappa shape index (κ2) is 5.24. The summed E-state index contributed by atoms with van der Waals surface area (Å²) in [5.41, 5.74) is 5.90. The third-order valence-corrected chi connectivity index (χ3v) is 2.39. The lowest BCUT2D eigenvalue weighted by Gasteiger charge is -2.14. The predicted molar refractivity (Wildman–Crippen MR) is 63.4 cm³/mol. The number of nitrogens with two attached hydrogens (primary N) is 1. The van der Waals surface area contributed by atoms with Crippen LogP contribution in [-0.2, 0) is 4.79 Å². The number of hydrogen-bond acceptors (Lipinski definition) is 2. The number of carbonyl (C=O) groups excluding carboxylic acids is 1. The summed E-state index contributed by atoms with van der Waals surface area (Å²) in [4.78, 5) is 11.0. The van der Waals surface area contributed by atoms with Gasteiger partial charge in [0, 0.05) is 15.7 Å². The molecule has 0 heterocycles. The van der Waals surface area contributed by atoms with Crippen molar-refractivity contribution in [3.05, 3.63) is 28.2 Å². The Labute approximate surface area is 98.5 Å². The first-order valence-electron chi connectivity index (χ1n) is 4.55. The van der Waals surface area contributed by atoms with E-state index in [2.05, 4.69) is 5.32 Å². The molecule has 0 radical (unpaired) electrons. The summed E-state index contributed by atoms with van der Waals surface area (Å²) in [6, 6.07) is 4.61. The van der Waals surface area contributed by atoms with Crippen molar-refractivity contribution < 1.29 is 4.79 Å². The zero-order valence-electron chi connectivity index (χ0n) is 8.26. The van der Waals surface area contributed by atoms with Crippen LogP contribution in [0.5, 0.6) is 0 Å². The van der Waals surface area contributed by atoms with Gasteiger partial charge in [0.2, 0.25) is 5.91 Å². The number of carbonyl (C=O) groups is 1. The van der Waals surface area contributed by atoms with E-state index in [0.29, 0.717) is 22.2 Å². The molecule has 1 atom stereocenters. The van der Waals surface area contributed by atoms with E-state index in [0.717, 1.165) is 0 Å². The Bertz CT molecular complexity index is 348. The average molecular weight is 247 g/mol. The van der Waals surface area contributed by atoms with Crippen molar-refractivity contribution in [1.29, 1.82) is 0 Å². The predicted octanol–water partition coefficient (Wildman–Crippen LogP) is 2.67. The number of benzene rings is 1. The Hall–Kier alpha value is -0.930. The summed E-state index contributed by atoms with van der Waals surface area (Å²) in [5, 5.41) is 4.00. The number of hydrogen-bond donors (Lipinski definition) is 2. The van der Waals surface area contributed by atoms with E-state index >= 15 is 0 Å². The highest BCUT2D eigenvalue weighted by molar-refractivity contribution is 6.35. The maximum Gasteiger partial charge on any atom is 0.239 e. The van der Waals surface area contributed by atoms with Gasteiger partial charge in [-0.25, -0.2) is 0 Å². The largest absolute Gasteiger partial charge is 0.374 e. The number of primary amides is 1. The summed E-state index contributed by atoms with van der Waals surface area (Å²) < 4.78 is 0. The first kappa shape index (κ1) is 12.1. The fourth-order valence-electron chi connectivity index (χ4n) is 1.21. The lowest BCUT2D eigenvalue weighted by atomic mass is 10.2. The maximum atomic E-state index is 11.0. The standard InChI is InChI=1S/C10H12Cl2N2O/c1-2-9(10(13)15)14-8-4-6(11)3-7(12)5-8/h3-5,9,14H,2H2,1H3,(H2,13,15). The molecule has 1 aromatic carbocycles. The minimum absolute atomic E-state index is 0.395. The van der Waals surface area contributed by atoms with Crippen LogP contribution in [0.2, 0.25) is 10.0 Å². The molecule has 0 fully saturated rings. The molecule has 0 bridgehead atoms. The van der Waals surface area contributed by atoms with Crippen LogP contribution in [0.3, 0.4) is 0 Å². The van der Waals surface area contributed by atoms with Gasteiger partial charge in [0.1, 0.15) is 6.04 Å². The van der Waals surface area contributed by atoms with Gasteiger partial charge in [0.15, 0.2) is 0 Å². The molecule has 1 aromatic rings. The quantitative estimate of drug-likeness (QED) is 0.859. The minimum atomic E-state index is -0.403. The SMILES string of the molecule is CCC(Nc1cc(Cl)cc(Cl)c1)C(N)=O. The molecule has 5 heteroatoms. The molecule has 0 spiro atoms. The maximum absolute atomic E-state index is 11.0. The van der Waals surface area contributed by atoms with Crippen molar-refractivity contribution in [3.8, 4) is 0 Å². The first-order chi connectivity index (χ1) is 7.02. The highest BCUT2D eigenvalue weighted by Crippen LogP contribution is 2.23. The molecule has 1 unspecified atom stereocenters. The van der Waals surface area contributed by atoms with Crippen LogP contribution in [-0.4, -0.2) is 11.9 Å². The minimum Gasteiger partial charge on any atom is -0.374 e. The van der Waals surface area contributed by atoms with Gasteiger partial charge in [0.05, 0.1) is 0 Å². The summed E-state index contributed by atoms with van der Waals surface area (Å²) in [6.07, 6.45) is 0.611. The van der Waals surface area contributed by atoms with Gasteiger partial charge in [-0.2, -0.15) is 0 Å². The van der Waals surface area contributed by atoms with E-state index in [4.69, 9.17) is 28.9 Å². The van der Waals surface area contributed by atoms with Crippen molar-refractivity contribution in [3.63, 3.8) is 0 Å². The molecular weight excluding hydrogens is 235 g/mol. The van der Waals surface area contributed by atoms with Crippen LogP contribution in [0.4, 0.5) is 5.69 Å². The lowest BCUT2D eigenvalue weighted by molar-refractivity contribution is -0.118. The molecule has 0 saturated heterocycles. The molecule has 3 N–H and O–H groups in total. The Morgan fingerprint density at radius 3 is 2.33 bits per heavy atom. The highest BCUT2D eigenvalue weighted by atomic mass is 35.5. The Morgan fingerprint density at radius 2 is 1.93 bits per heavy atom. The molecule has 0 saturated carbocycles. The molecule has 0 aliphatic rings. The van der Waals surface area contributed by atoms with Gasteiger partial charge < -0.3 is 11.1 Å². The molecule has 1 amide bonds. The Kier molecular flexibility index (Phi) is 4.24. The van der Waals surface area contributed by atoms with Gasteiger partial charge in [-0.3, -0.25) is 4.79 Å². The summed E-state index contributed by atoms with van der Waals surface area (Å²) >= 11 is 11.6. The normalized spacial score (nSPS) is 12.2. The second-order valence-corrected chi connectivity index (χ2v) is 4.04. The van der Waals surface area contributed by atoms with Crippen LogP contribution >= 0.6 is 23.2 Å².